The molecule has 2 heterocycles. The largest absolute Gasteiger partial charge is 0.489 e. The first-order chi connectivity index (χ1) is 9.74. The lowest BCUT2D eigenvalue weighted by atomic mass is 10.1. The van der Waals surface area contributed by atoms with Gasteiger partial charge in [0, 0.05) is 25.6 Å². The van der Waals surface area contributed by atoms with Gasteiger partial charge < -0.3 is 20.7 Å². The molecule has 6 heteroatoms. The highest BCUT2D eigenvalue weighted by atomic mass is 16.5. The normalized spacial score (nSPS) is 21.0. The van der Waals surface area contributed by atoms with Gasteiger partial charge in [-0.3, -0.25) is 9.59 Å². The van der Waals surface area contributed by atoms with Crippen LogP contribution in [0.2, 0.25) is 0 Å². The first kappa shape index (κ1) is 12.8. The highest BCUT2D eigenvalue weighted by Crippen LogP contribution is 2.31. The number of nitrogens with one attached hydrogen (secondary N) is 3. The number of fused-ring (bicyclic) bond motifs is 1. The highest BCUT2D eigenvalue weighted by molar-refractivity contribution is 5.99. The van der Waals surface area contributed by atoms with Crippen molar-refractivity contribution in [3.05, 3.63) is 23.8 Å². The molecular formula is C14H17N3O3. The van der Waals surface area contributed by atoms with Crippen LogP contribution in [0.5, 0.6) is 5.75 Å². The fraction of sp³-hybridized carbons (Fsp3) is 0.429. The minimum atomic E-state index is -0.160. The molecular weight excluding hydrogens is 258 g/mol. The number of piperidine rings is 1. The molecule has 0 bridgehead atoms. The Kier molecular flexibility index (Phi) is 3.45. The highest BCUT2D eigenvalue weighted by Gasteiger charge is 2.23. The zero-order valence-corrected chi connectivity index (χ0v) is 11.1. The summed E-state index contributed by atoms with van der Waals surface area (Å²) < 4.78 is 5.59. The predicted molar refractivity (Wildman–Crippen MR) is 73.9 cm³/mol. The van der Waals surface area contributed by atoms with Gasteiger partial charge in [0.1, 0.15) is 6.61 Å². The number of ether oxygens (including phenoxy) is 1. The smallest absolute Gasteiger partial charge is 0.255 e. The predicted octanol–water partition coefficient (Wildman–Crippen LogP) is 0.499. The van der Waals surface area contributed by atoms with Crippen molar-refractivity contribution in [1.29, 1.82) is 0 Å². The molecule has 3 rings (SSSR count). The molecule has 0 aliphatic carbocycles. The third-order valence-corrected chi connectivity index (χ3v) is 3.52. The van der Waals surface area contributed by atoms with Gasteiger partial charge >= 0.3 is 0 Å². The molecule has 2 amide bonds. The van der Waals surface area contributed by atoms with Crippen LogP contribution in [-0.4, -0.2) is 37.6 Å². The molecule has 1 aromatic carbocycles. The molecule has 20 heavy (non-hydrogen) atoms. The Hall–Kier alpha value is -2.24. The number of carbonyl (C=O) groups is 2. The third kappa shape index (κ3) is 2.54. The Morgan fingerprint density at radius 1 is 1.35 bits per heavy atom. The quantitative estimate of drug-likeness (QED) is 0.734. The van der Waals surface area contributed by atoms with Gasteiger partial charge in [0.2, 0.25) is 5.91 Å². The van der Waals surface area contributed by atoms with Gasteiger partial charge in [0.25, 0.3) is 5.91 Å². The molecule has 6 nitrogen and oxygen atoms in total. The maximum atomic E-state index is 12.3. The van der Waals surface area contributed by atoms with Gasteiger partial charge in [-0.1, -0.05) is 6.07 Å². The minimum Gasteiger partial charge on any atom is -0.489 e. The topological polar surface area (TPSA) is 79.5 Å². The molecule has 2 aliphatic heterocycles. The summed E-state index contributed by atoms with van der Waals surface area (Å²) >= 11 is 0. The molecule has 1 aromatic rings. The van der Waals surface area contributed by atoms with E-state index in [4.69, 9.17) is 4.74 Å². The number of amides is 2. The Morgan fingerprint density at radius 2 is 2.25 bits per heavy atom. The van der Waals surface area contributed by atoms with Crippen LogP contribution < -0.4 is 20.7 Å². The van der Waals surface area contributed by atoms with Crippen LogP contribution in [0.4, 0.5) is 5.69 Å². The fourth-order valence-corrected chi connectivity index (χ4v) is 2.47. The van der Waals surface area contributed by atoms with Crippen LogP contribution in [0.1, 0.15) is 23.2 Å². The van der Waals surface area contributed by atoms with E-state index < -0.39 is 0 Å². The van der Waals surface area contributed by atoms with E-state index in [1.54, 1.807) is 6.07 Å². The van der Waals surface area contributed by atoms with Crippen LogP contribution in [0.3, 0.4) is 0 Å². The van der Waals surface area contributed by atoms with Gasteiger partial charge in [-0.05, 0) is 18.6 Å². The van der Waals surface area contributed by atoms with Crippen molar-refractivity contribution in [2.75, 3.05) is 25.0 Å². The van der Waals surface area contributed by atoms with Crippen molar-refractivity contribution >= 4 is 17.5 Å². The summed E-state index contributed by atoms with van der Waals surface area (Å²) in [4.78, 5) is 23.4. The monoisotopic (exact) mass is 275 g/mol. The van der Waals surface area contributed by atoms with Crippen LogP contribution in [0.25, 0.3) is 0 Å². The Bertz CT molecular complexity index is 534. The molecule has 0 spiro atoms. The summed E-state index contributed by atoms with van der Waals surface area (Å²) in [6.45, 7) is 1.78. The second-order valence-corrected chi connectivity index (χ2v) is 4.97. The average Bonchev–Trinajstić information content (AvgIpc) is 2.49. The van der Waals surface area contributed by atoms with E-state index in [1.807, 2.05) is 12.1 Å². The molecule has 1 fully saturated rings. The van der Waals surface area contributed by atoms with Gasteiger partial charge in [-0.15, -0.1) is 0 Å². The van der Waals surface area contributed by atoms with E-state index >= 15 is 0 Å². The zero-order chi connectivity index (χ0) is 13.9. The number of hydrogen-bond donors (Lipinski definition) is 3. The van der Waals surface area contributed by atoms with E-state index in [-0.39, 0.29) is 17.9 Å². The SMILES string of the molecule is O=C1CCC(NC(=O)c2cccc3c2OCCN3)CN1. The van der Waals surface area contributed by atoms with E-state index in [9.17, 15) is 9.59 Å². The van der Waals surface area contributed by atoms with Gasteiger partial charge in [-0.25, -0.2) is 0 Å². The second-order valence-electron chi connectivity index (χ2n) is 4.97. The van der Waals surface area contributed by atoms with Crippen molar-refractivity contribution < 1.29 is 14.3 Å². The molecule has 1 atom stereocenters. The van der Waals surface area contributed by atoms with E-state index in [0.29, 0.717) is 37.3 Å². The molecule has 1 unspecified atom stereocenters. The van der Waals surface area contributed by atoms with Gasteiger partial charge in [0.15, 0.2) is 5.75 Å². The first-order valence-electron chi connectivity index (χ1n) is 6.81. The molecule has 0 aromatic heterocycles. The lowest BCUT2D eigenvalue weighted by molar-refractivity contribution is -0.122. The molecule has 0 saturated carbocycles. The zero-order valence-electron chi connectivity index (χ0n) is 11.1. The molecule has 0 radical (unpaired) electrons. The van der Waals surface area contributed by atoms with Crippen molar-refractivity contribution in [3.63, 3.8) is 0 Å². The Labute approximate surface area is 116 Å². The Balaban J connectivity index is 1.72. The number of benzene rings is 1. The number of para-hydroxylation sites is 1. The van der Waals surface area contributed by atoms with Crippen molar-refractivity contribution in [2.45, 2.75) is 18.9 Å². The molecule has 3 N–H and O–H groups in total. The summed E-state index contributed by atoms with van der Waals surface area (Å²) in [5.74, 6) is 0.489. The molecule has 1 saturated heterocycles. The number of hydrogen-bond acceptors (Lipinski definition) is 4. The van der Waals surface area contributed by atoms with Crippen LogP contribution in [0.15, 0.2) is 18.2 Å². The Morgan fingerprint density at radius 3 is 3.05 bits per heavy atom. The third-order valence-electron chi connectivity index (χ3n) is 3.52. The maximum absolute atomic E-state index is 12.3. The molecule has 2 aliphatic rings. The standard InChI is InChI=1S/C14H17N3O3/c18-12-5-4-9(8-16-12)17-14(19)10-2-1-3-11-13(10)20-7-6-15-11/h1-3,9,15H,4-8H2,(H,16,18)(H,17,19). The summed E-state index contributed by atoms with van der Waals surface area (Å²) in [6.07, 6.45) is 1.13. The summed E-state index contributed by atoms with van der Waals surface area (Å²) in [5.41, 5.74) is 1.38. The lowest BCUT2D eigenvalue weighted by Crippen LogP contribution is -2.47. The van der Waals surface area contributed by atoms with Crippen LogP contribution in [-0.2, 0) is 4.79 Å². The van der Waals surface area contributed by atoms with E-state index in [1.165, 1.54) is 0 Å². The van der Waals surface area contributed by atoms with Crippen molar-refractivity contribution in [1.82, 2.24) is 10.6 Å². The van der Waals surface area contributed by atoms with E-state index in [0.717, 1.165) is 12.2 Å². The summed E-state index contributed by atoms with van der Waals surface area (Å²) in [7, 11) is 0. The second kappa shape index (κ2) is 5.40. The first-order valence-corrected chi connectivity index (χ1v) is 6.81. The number of anilines is 1. The summed E-state index contributed by atoms with van der Waals surface area (Å²) in [6, 6.07) is 5.46. The van der Waals surface area contributed by atoms with Gasteiger partial charge in [-0.2, -0.15) is 0 Å². The summed E-state index contributed by atoms with van der Waals surface area (Å²) in [5, 5.41) is 8.90. The number of carbonyl (C=O) groups excluding carboxylic acids is 2. The molecule has 106 valence electrons. The van der Waals surface area contributed by atoms with Crippen LogP contribution in [0, 0.1) is 0 Å². The minimum absolute atomic E-state index is 0.0207. The maximum Gasteiger partial charge on any atom is 0.255 e. The lowest BCUT2D eigenvalue weighted by Gasteiger charge is -2.25. The van der Waals surface area contributed by atoms with Crippen LogP contribution >= 0.6 is 0 Å². The van der Waals surface area contributed by atoms with Crippen molar-refractivity contribution in [3.8, 4) is 5.75 Å². The van der Waals surface area contributed by atoms with Gasteiger partial charge in [0.05, 0.1) is 11.3 Å². The van der Waals surface area contributed by atoms with Crippen molar-refractivity contribution in [2.24, 2.45) is 0 Å². The average molecular weight is 275 g/mol. The van der Waals surface area contributed by atoms with E-state index in [2.05, 4.69) is 16.0 Å². The number of rotatable bonds is 2. The fourth-order valence-electron chi connectivity index (χ4n) is 2.47.